The number of hydrogen-bond acceptors (Lipinski definition) is 3. The van der Waals surface area contributed by atoms with Crippen LogP contribution in [-0.2, 0) is 10.9 Å². The van der Waals surface area contributed by atoms with Gasteiger partial charge in [0.25, 0.3) is 0 Å². The highest BCUT2D eigenvalue weighted by Gasteiger charge is 2.33. The van der Waals surface area contributed by atoms with Crippen molar-refractivity contribution in [2.45, 2.75) is 32.5 Å². The van der Waals surface area contributed by atoms with Gasteiger partial charge in [-0.05, 0) is 32.9 Å². The SMILES string of the molecule is CC(C)(C)OC(=O)NCCOc1ccccc1C(F)(F)F. The number of benzene rings is 1. The van der Waals surface area contributed by atoms with E-state index >= 15 is 0 Å². The van der Waals surface area contributed by atoms with Gasteiger partial charge in [0.05, 0.1) is 12.1 Å². The van der Waals surface area contributed by atoms with Crippen LogP contribution in [0, 0.1) is 0 Å². The van der Waals surface area contributed by atoms with Crippen molar-refractivity contribution in [3.63, 3.8) is 0 Å². The van der Waals surface area contributed by atoms with E-state index in [1.54, 1.807) is 20.8 Å². The van der Waals surface area contributed by atoms with Crippen molar-refractivity contribution in [3.8, 4) is 5.75 Å². The molecule has 0 unspecified atom stereocenters. The second-order valence-corrected chi connectivity index (χ2v) is 5.27. The van der Waals surface area contributed by atoms with Crippen LogP contribution in [-0.4, -0.2) is 24.8 Å². The molecule has 0 heterocycles. The standard InChI is InChI=1S/C14H18F3NO3/c1-13(2,3)21-12(19)18-8-9-20-11-7-5-4-6-10(11)14(15,16)17/h4-7H,8-9H2,1-3H3,(H,18,19). The second-order valence-electron chi connectivity index (χ2n) is 5.27. The molecule has 0 fully saturated rings. The fourth-order valence-corrected chi connectivity index (χ4v) is 1.45. The number of ether oxygens (including phenoxy) is 2. The number of carbonyl (C=O) groups excluding carboxylic acids is 1. The average molecular weight is 305 g/mol. The lowest BCUT2D eigenvalue weighted by Gasteiger charge is -2.20. The van der Waals surface area contributed by atoms with Crippen molar-refractivity contribution in [1.29, 1.82) is 0 Å². The molecule has 118 valence electrons. The van der Waals surface area contributed by atoms with Crippen LogP contribution in [0.2, 0.25) is 0 Å². The maximum absolute atomic E-state index is 12.7. The molecule has 1 amide bonds. The first-order valence-electron chi connectivity index (χ1n) is 6.35. The molecule has 1 aromatic rings. The molecule has 0 saturated heterocycles. The first kappa shape index (κ1) is 17.1. The van der Waals surface area contributed by atoms with Crippen LogP contribution in [0.15, 0.2) is 24.3 Å². The Labute approximate surface area is 121 Å². The lowest BCUT2D eigenvalue weighted by Crippen LogP contribution is -2.34. The van der Waals surface area contributed by atoms with E-state index in [1.807, 2.05) is 0 Å². The molecule has 1 rings (SSSR count). The van der Waals surface area contributed by atoms with Crippen molar-refractivity contribution in [2.75, 3.05) is 13.2 Å². The van der Waals surface area contributed by atoms with Gasteiger partial charge in [0.1, 0.15) is 18.0 Å². The molecule has 0 bridgehead atoms. The van der Waals surface area contributed by atoms with Crippen molar-refractivity contribution in [2.24, 2.45) is 0 Å². The number of amides is 1. The minimum Gasteiger partial charge on any atom is -0.491 e. The molecule has 0 aromatic heterocycles. The van der Waals surface area contributed by atoms with E-state index in [0.717, 1.165) is 6.07 Å². The third-order valence-electron chi connectivity index (χ3n) is 2.22. The third kappa shape index (κ3) is 6.37. The van der Waals surface area contributed by atoms with Gasteiger partial charge in [-0.15, -0.1) is 0 Å². The van der Waals surface area contributed by atoms with E-state index < -0.39 is 23.4 Å². The quantitative estimate of drug-likeness (QED) is 0.864. The molecule has 21 heavy (non-hydrogen) atoms. The van der Waals surface area contributed by atoms with Gasteiger partial charge in [-0.3, -0.25) is 0 Å². The lowest BCUT2D eigenvalue weighted by molar-refractivity contribution is -0.138. The van der Waals surface area contributed by atoms with Gasteiger partial charge in [-0.2, -0.15) is 13.2 Å². The second kappa shape index (κ2) is 6.69. The molecule has 0 aliphatic carbocycles. The van der Waals surface area contributed by atoms with Crippen molar-refractivity contribution in [3.05, 3.63) is 29.8 Å². The Bertz CT molecular complexity index is 481. The molecule has 7 heteroatoms. The average Bonchev–Trinajstić information content (AvgIpc) is 2.32. The number of carbonyl (C=O) groups is 1. The predicted octanol–water partition coefficient (Wildman–Crippen LogP) is 3.61. The molecule has 0 radical (unpaired) electrons. The van der Waals surface area contributed by atoms with Crippen molar-refractivity contribution in [1.82, 2.24) is 5.32 Å². The van der Waals surface area contributed by atoms with E-state index in [-0.39, 0.29) is 18.9 Å². The van der Waals surface area contributed by atoms with Crippen LogP contribution in [0.1, 0.15) is 26.3 Å². The summed E-state index contributed by atoms with van der Waals surface area (Å²) in [5.74, 6) is -0.268. The zero-order chi connectivity index (χ0) is 16.1. The van der Waals surface area contributed by atoms with E-state index in [1.165, 1.54) is 18.2 Å². The monoisotopic (exact) mass is 305 g/mol. The van der Waals surface area contributed by atoms with Crippen LogP contribution in [0.5, 0.6) is 5.75 Å². The maximum Gasteiger partial charge on any atom is 0.419 e. The zero-order valence-electron chi connectivity index (χ0n) is 12.1. The smallest absolute Gasteiger partial charge is 0.419 e. The van der Waals surface area contributed by atoms with E-state index in [4.69, 9.17) is 9.47 Å². The Kier molecular flexibility index (Phi) is 5.46. The lowest BCUT2D eigenvalue weighted by atomic mass is 10.2. The summed E-state index contributed by atoms with van der Waals surface area (Å²) in [6.45, 7) is 5.08. The minimum absolute atomic E-state index is 0.0428. The summed E-state index contributed by atoms with van der Waals surface area (Å²) in [6, 6.07) is 4.91. The van der Waals surface area contributed by atoms with Crippen LogP contribution in [0.25, 0.3) is 0 Å². The summed E-state index contributed by atoms with van der Waals surface area (Å²) in [7, 11) is 0. The number of alkyl carbamates (subject to hydrolysis) is 1. The van der Waals surface area contributed by atoms with Gasteiger partial charge in [0.2, 0.25) is 0 Å². The summed E-state index contributed by atoms with van der Waals surface area (Å²) in [5, 5.41) is 2.40. The van der Waals surface area contributed by atoms with Crippen LogP contribution < -0.4 is 10.1 Å². The summed E-state index contributed by atoms with van der Waals surface area (Å²) < 4.78 is 48.1. The number of rotatable bonds is 4. The topological polar surface area (TPSA) is 47.6 Å². The number of alkyl halides is 3. The fourth-order valence-electron chi connectivity index (χ4n) is 1.45. The Morgan fingerprint density at radius 3 is 2.38 bits per heavy atom. The Balaban J connectivity index is 2.46. The van der Waals surface area contributed by atoms with Crippen molar-refractivity contribution >= 4 is 6.09 Å². The van der Waals surface area contributed by atoms with Gasteiger partial charge in [0.15, 0.2) is 0 Å². The zero-order valence-corrected chi connectivity index (χ0v) is 12.1. The highest BCUT2D eigenvalue weighted by molar-refractivity contribution is 5.67. The van der Waals surface area contributed by atoms with Gasteiger partial charge in [-0.25, -0.2) is 4.79 Å². The summed E-state index contributed by atoms with van der Waals surface area (Å²) >= 11 is 0. The number of hydrogen-bond donors (Lipinski definition) is 1. The maximum atomic E-state index is 12.7. The van der Waals surface area contributed by atoms with Crippen molar-refractivity contribution < 1.29 is 27.4 Å². The molecule has 1 N–H and O–H groups in total. The van der Waals surface area contributed by atoms with Crippen LogP contribution >= 0.6 is 0 Å². The molecule has 1 aromatic carbocycles. The molecule has 0 atom stereocenters. The first-order chi connectivity index (χ1) is 9.59. The Morgan fingerprint density at radius 2 is 1.81 bits per heavy atom. The summed E-state index contributed by atoms with van der Waals surface area (Å²) in [6.07, 6.45) is -5.12. The van der Waals surface area contributed by atoms with Crippen LogP contribution in [0.3, 0.4) is 0 Å². The van der Waals surface area contributed by atoms with Gasteiger partial charge < -0.3 is 14.8 Å². The molecular weight excluding hydrogens is 287 g/mol. The highest BCUT2D eigenvalue weighted by Crippen LogP contribution is 2.35. The number of halogens is 3. The van der Waals surface area contributed by atoms with Gasteiger partial charge >= 0.3 is 12.3 Å². The molecule has 0 saturated carbocycles. The third-order valence-corrected chi connectivity index (χ3v) is 2.22. The van der Waals surface area contributed by atoms with Gasteiger partial charge in [0, 0.05) is 0 Å². The fraction of sp³-hybridized carbons (Fsp3) is 0.500. The minimum atomic E-state index is -4.48. The van der Waals surface area contributed by atoms with E-state index in [9.17, 15) is 18.0 Å². The van der Waals surface area contributed by atoms with Crippen LogP contribution in [0.4, 0.5) is 18.0 Å². The number of nitrogens with one attached hydrogen (secondary N) is 1. The Hall–Kier alpha value is -1.92. The van der Waals surface area contributed by atoms with Gasteiger partial charge in [-0.1, -0.05) is 12.1 Å². The molecule has 0 spiro atoms. The molecule has 4 nitrogen and oxygen atoms in total. The summed E-state index contributed by atoms with van der Waals surface area (Å²) in [4.78, 5) is 11.3. The van der Waals surface area contributed by atoms with E-state index in [0.29, 0.717) is 0 Å². The normalized spacial score (nSPS) is 11.9. The largest absolute Gasteiger partial charge is 0.491 e. The summed E-state index contributed by atoms with van der Waals surface area (Å²) in [5.41, 5.74) is -1.48. The highest BCUT2D eigenvalue weighted by atomic mass is 19.4. The first-order valence-corrected chi connectivity index (χ1v) is 6.35. The number of para-hydroxylation sites is 1. The Morgan fingerprint density at radius 1 is 1.19 bits per heavy atom. The predicted molar refractivity (Wildman–Crippen MR) is 71.2 cm³/mol. The molecule has 0 aliphatic heterocycles. The molecular formula is C14H18F3NO3. The molecule has 0 aliphatic rings. The van der Waals surface area contributed by atoms with E-state index in [2.05, 4.69) is 5.32 Å².